The number of thioether (sulfide) groups is 1. The predicted molar refractivity (Wildman–Crippen MR) is 105 cm³/mol. The van der Waals surface area contributed by atoms with Gasteiger partial charge in [-0.15, -0.1) is 10.2 Å². The van der Waals surface area contributed by atoms with E-state index < -0.39 is 6.10 Å². The minimum absolute atomic E-state index is 0.0197. The smallest absolute Gasteiger partial charge is 0.277 e. The summed E-state index contributed by atoms with van der Waals surface area (Å²) >= 11 is 1.22. The summed E-state index contributed by atoms with van der Waals surface area (Å²) in [7, 11) is 0. The standard InChI is InChI=1S/C21H20N2O4S/c1-13(2)14-7-9-15(10-8-14)16(24)12-28-21-23-22-20(27-21)19-11-25-17-5-3-4-6-18(17)26-19/h3-10,13,19H,11-12H2,1-2H3/t19-/m0/s1. The maximum atomic E-state index is 12.4. The SMILES string of the molecule is CC(C)c1ccc(C(=O)CSc2nnc([C@@H]3COc4ccccc4O3)o2)cc1. The highest BCUT2D eigenvalue weighted by Crippen LogP contribution is 2.36. The molecule has 28 heavy (non-hydrogen) atoms. The minimum Gasteiger partial charge on any atom is -0.485 e. The van der Waals surface area contributed by atoms with Crippen molar-refractivity contribution < 1.29 is 18.7 Å². The number of rotatable bonds is 6. The van der Waals surface area contributed by atoms with Crippen molar-refractivity contribution in [3.8, 4) is 11.5 Å². The second-order valence-corrected chi connectivity index (χ2v) is 7.69. The van der Waals surface area contributed by atoms with E-state index in [-0.39, 0.29) is 11.5 Å². The van der Waals surface area contributed by atoms with Gasteiger partial charge < -0.3 is 13.9 Å². The van der Waals surface area contributed by atoms with Crippen LogP contribution in [-0.2, 0) is 0 Å². The highest BCUT2D eigenvalue weighted by molar-refractivity contribution is 7.99. The minimum atomic E-state index is -0.462. The molecule has 6 nitrogen and oxygen atoms in total. The van der Waals surface area contributed by atoms with Crippen molar-refractivity contribution in [2.75, 3.05) is 12.4 Å². The molecule has 0 unspecified atom stereocenters. The van der Waals surface area contributed by atoms with E-state index >= 15 is 0 Å². The number of carbonyl (C=O) groups excluding carboxylic acids is 1. The lowest BCUT2D eigenvalue weighted by Crippen LogP contribution is -2.21. The molecule has 3 aromatic rings. The number of carbonyl (C=O) groups is 1. The second-order valence-electron chi connectivity index (χ2n) is 6.76. The molecule has 0 fully saturated rings. The largest absolute Gasteiger partial charge is 0.485 e. The first kappa shape index (κ1) is 18.6. The van der Waals surface area contributed by atoms with Crippen LogP contribution in [0.3, 0.4) is 0 Å². The third kappa shape index (κ3) is 4.04. The molecular weight excluding hydrogens is 376 g/mol. The second kappa shape index (κ2) is 8.06. The van der Waals surface area contributed by atoms with Crippen LogP contribution in [0.1, 0.15) is 47.7 Å². The van der Waals surface area contributed by atoms with Crippen LogP contribution < -0.4 is 9.47 Å². The molecule has 0 bridgehead atoms. The van der Waals surface area contributed by atoms with E-state index in [0.717, 1.165) is 0 Å². The van der Waals surface area contributed by atoms with Crippen molar-refractivity contribution in [1.82, 2.24) is 10.2 Å². The highest BCUT2D eigenvalue weighted by atomic mass is 32.2. The molecule has 0 saturated carbocycles. The molecule has 0 radical (unpaired) electrons. The predicted octanol–water partition coefficient (Wildman–Crippen LogP) is 4.68. The number of Topliss-reactive ketones (excluding diaryl/α,β-unsaturated/α-hetero) is 1. The number of aromatic nitrogens is 2. The van der Waals surface area contributed by atoms with Crippen LogP contribution in [0.15, 0.2) is 58.2 Å². The van der Waals surface area contributed by atoms with Crippen molar-refractivity contribution >= 4 is 17.5 Å². The first-order valence-corrected chi connectivity index (χ1v) is 10.1. The zero-order valence-electron chi connectivity index (χ0n) is 15.6. The average Bonchev–Trinajstić information content (AvgIpc) is 3.21. The molecule has 1 aliphatic heterocycles. The van der Waals surface area contributed by atoms with Gasteiger partial charge >= 0.3 is 0 Å². The third-order valence-corrected chi connectivity index (χ3v) is 5.25. The summed E-state index contributed by atoms with van der Waals surface area (Å²) in [5.41, 5.74) is 1.89. The summed E-state index contributed by atoms with van der Waals surface area (Å²) in [6, 6.07) is 15.1. The van der Waals surface area contributed by atoms with Gasteiger partial charge in [0.2, 0.25) is 6.10 Å². The van der Waals surface area contributed by atoms with Gasteiger partial charge in [0.15, 0.2) is 17.3 Å². The van der Waals surface area contributed by atoms with Gasteiger partial charge in [-0.3, -0.25) is 4.79 Å². The Morgan fingerprint density at radius 1 is 1.11 bits per heavy atom. The lowest BCUT2D eigenvalue weighted by molar-refractivity contribution is 0.0686. The fraction of sp³-hybridized carbons (Fsp3) is 0.286. The van der Waals surface area contributed by atoms with Gasteiger partial charge in [0.25, 0.3) is 11.1 Å². The maximum Gasteiger partial charge on any atom is 0.277 e. The lowest BCUT2D eigenvalue weighted by atomic mass is 10.0. The number of benzene rings is 2. The van der Waals surface area contributed by atoms with Crippen molar-refractivity contribution in [2.24, 2.45) is 0 Å². The first-order valence-electron chi connectivity index (χ1n) is 9.08. The van der Waals surface area contributed by atoms with Crippen LogP contribution in [0.4, 0.5) is 0 Å². The van der Waals surface area contributed by atoms with Crippen LogP contribution in [0.25, 0.3) is 0 Å². The Labute approximate surface area is 167 Å². The number of hydrogen-bond acceptors (Lipinski definition) is 7. The molecule has 1 aromatic heterocycles. The molecular formula is C21H20N2O4S. The van der Waals surface area contributed by atoms with E-state index in [1.807, 2.05) is 48.5 Å². The Bertz CT molecular complexity index is 969. The number of nitrogens with zero attached hydrogens (tertiary/aromatic N) is 2. The molecule has 2 heterocycles. The normalized spacial score (nSPS) is 15.6. The molecule has 1 atom stereocenters. The van der Waals surface area contributed by atoms with Crippen LogP contribution >= 0.6 is 11.8 Å². The van der Waals surface area contributed by atoms with Gasteiger partial charge in [-0.25, -0.2) is 0 Å². The molecule has 0 amide bonds. The van der Waals surface area contributed by atoms with Crippen molar-refractivity contribution in [3.05, 3.63) is 65.5 Å². The molecule has 0 spiro atoms. The van der Waals surface area contributed by atoms with E-state index in [0.29, 0.717) is 40.7 Å². The van der Waals surface area contributed by atoms with Crippen molar-refractivity contribution in [1.29, 1.82) is 0 Å². The summed E-state index contributed by atoms with van der Waals surface area (Å²) < 4.78 is 17.2. The first-order chi connectivity index (χ1) is 13.6. The summed E-state index contributed by atoms with van der Waals surface area (Å²) in [6.07, 6.45) is -0.462. The van der Waals surface area contributed by atoms with Crippen molar-refractivity contribution in [3.63, 3.8) is 0 Å². The highest BCUT2D eigenvalue weighted by Gasteiger charge is 2.27. The van der Waals surface area contributed by atoms with Gasteiger partial charge in [0.1, 0.15) is 6.61 Å². The fourth-order valence-corrected chi connectivity index (χ4v) is 3.48. The van der Waals surface area contributed by atoms with E-state index in [2.05, 4.69) is 24.0 Å². The zero-order valence-corrected chi connectivity index (χ0v) is 16.4. The zero-order chi connectivity index (χ0) is 19.5. The quantitative estimate of drug-likeness (QED) is 0.442. The lowest BCUT2D eigenvalue weighted by Gasteiger charge is -2.23. The summed E-state index contributed by atoms with van der Waals surface area (Å²) in [6.45, 7) is 4.55. The molecule has 0 aliphatic carbocycles. The molecule has 0 saturated heterocycles. The molecule has 4 rings (SSSR count). The number of para-hydroxylation sites is 2. The molecule has 1 aliphatic rings. The van der Waals surface area contributed by atoms with Gasteiger partial charge in [-0.2, -0.15) is 0 Å². The average molecular weight is 396 g/mol. The Kier molecular flexibility index (Phi) is 5.34. The van der Waals surface area contributed by atoms with Crippen LogP contribution in [-0.4, -0.2) is 28.3 Å². The van der Waals surface area contributed by atoms with E-state index in [4.69, 9.17) is 13.9 Å². The topological polar surface area (TPSA) is 74.5 Å². The van der Waals surface area contributed by atoms with Gasteiger partial charge in [0.05, 0.1) is 5.75 Å². The van der Waals surface area contributed by atoms with Gasteiger partial charge in [-0.05, 0) is 23.6 Å². The van der Waals surface area contributed by atoms with Gasteiger partial charge in [-0.1, -0.05) is 62.0 Å². The Morgan fingerprint density at radius 3 is 2.61 bits per heavy atom. The number of fused-ring (bicyclic) bond motifs is 1. The number of hydrogen-bond donors (Lipinski definition) is 0. The molecule has 144 valence electrons. The Balaban J connectivity index is 1.35. The number of ketones is 1. The van der Waals surface area contributed by atoms with Crippen LogP contribution in [0.2, 0.25) is 0 Å². The fourth-order valence-electron chi connectivity index (χ4n) is 2.81. The van der Waals surface area contributed by atoms with E-state index in [1.165, 1.54) is 17.3 Å². The van der Waals surface area contributed by atoms with Crippen LogP contribution in [0, 0.1) is 0 Å². The van der Waals surface area contributed by atoms with Crippen LogP contribution in [0.5, 0.6) is 11.5 Å². The monoisotopic (exact) mass is 396 g/mol. The summed E-state index contributed by atoms with van der Waals surface area (Å²) in [5.74, 6) is 2.37. The van der Waals surface area contributed by atoms with E-state index in [1.54, 1.807) is 0 Å². The van der Waals surface area contributed by atoms with E-state index in [9.17, 15) is 4.79 Å². The maximum absolute atomic E-state index is 12.4. The van der Waals surface area contributed by atoms with Gasteiger partial charge in [0, 0.05) is 5.56 Å². The third-order valence-electron chi connectivity index (χ3n) is 4.43. The number of ether oxygens (including phenoxy) is 2. The molecule has 7 heteroatoms. The summed E-state index contributed by atoms with van der Waals surface area (Å²) in [4.78, 5) is 12.4. The Hall–Kier alpha value is -2.80. The molecule has 2 aromatic carbocycles. The Morgan fingerprint density at radius 2 is 1.86 bits per heavy atom. The molecule has 0 N–H and O–H groups in total. The van der Waals surface area contributed by atoms with Crippen molar-refractivity contribution in [2.45, 2.75) is 31.1 Å². The summed E-state index contributed by atoms with van der Waals surface area (Å²) in [5, 5.41) is 8.39.